The molecule has 1 aliphatic heterocycles. The Morgan fingerprint density at radius 1 is 1.15 bits per heavy atom. The summed E-state index contributed by atoms with van der Waals surface area (Å²) in [6.07, 6.45) is 1.78. The number of pyridine rings is 1. The normalized spacial score (nSPS) is 13.7. The van der Waals surface area contributed by atoms with Crippen LogP contribution >= 0.6 is 0 Å². The van der Waals surface area contributed by atoms with Crippen LogP contribution in [0.3, 0.4) is 0 Å². The molecule has 1 saturated heterocycles. The van der Waals surface area contributed by atoms with Gasteiger partial charge in [0.15, 0.2) is 6.79 Å². The Morgan fingerprint density at radius 2 is 1.95 bits per heavy atom. The van der Waals surface area contributed by atoms with E-state index < -0.39 is 11.9 Å². The van der Waals surface area contributed by atoms with E-state index in [0.29, 0.717) is 59.5 Å². The number of rotatable bonds is 7. The molecule has 5 rings (SSSR count). The number of hydrogen-bond donors (Lipinski definition) is 3. The second-order valence-corrected chi connectivity index (χ2v) is 9.51. The SMILES string of the molecule is COCOc1c(C#N)cccc1-c1ccc2ncc(-c3cc(O)cc(F)c3)c(N3CCC(NC(=O)O)CC3)c2c1. The predicted octanol–water partition coefficient (Wildman–Crippen LogP) is 5.50. The number of anilines is 1. The van der Waals surface area contributed by atoms with Gasteiger partial charge in [0.1, 0.15) is 23.4 Å². The maximum Gasteiger partial charge on any atom is 0.404 e. The van der Waals surface area contributed by atoms with Crippen molar-refractivity contribution in [2.45, 2.75) is 18.9 Å². The van der Waals surface area contributed by atoms with Crippen molar-refractivity contribution >= 4 is 22.7 Å². The monoisotopic (exact) mass is 542 g/mol. The fourth-order valence-electron chi connectivity index (χ4n) is 5.18. The Bertz CT molecular complexity index is 1590. The second kappa shape index (κ2) is 11.5. The summed E-state index contributed by atoms with van der Waals surface area (Å²) < 4.78 is 25.2. The van der Waals surface area contributed by atoms with Gasteiger partial charge in [-0.25, -0.2) is 9.18 Å². The van der Waals surface area contributed by atoms with Crippen LogP contribution in [0, 0.1) is 17.1 Å². The van der Waals surface area contributed by atoms with Crippen LogP contribution in [0.15, 0.2) is 60.8 Å². The molecule has 2 heterocycles. The van der Waals surface area contributed by atoms with Gasteiger partial charge in [-0.1, -0.05) is 18.2 Å². The summed E-state index contributed by atoms with van der Waals surface area (Å²) in [4.78, 5) is 18.0. The molecule has 0 spiro atoms. The molecule has 1 aliphatic rings. The number of nitrogens with one attached hydrogen (secondary N) is 1. The number of halogens is 1. The Kier molecular flexibility index (Phi) is 7.66. The number of carboxylic acid groups (broad SMARTS) is 1. The zero-order chi connectivity index (χ0) is 28.2. The molecule has 1 amide bonds. The Hall–Kier alpha value is -4.88. The molecule has 10 heteroatoms. The van der Waals surface area contributed by atoms with Gasteiger partial charge in [0.2, 0.25) is 0 Å². The van der Waals surface area contributed by atoms with E-state index in [0.717, 1.165) is 22.7 Å². The summed E-state index contributed by atoms with van der Waals surface area (Å²) >= 11 is 0. The van der Waals surface area contributed by atoms with Gasteiger partial charge in [-0.2, -0.15) is 5.26 Å². The van der Waals surface area contributed by atoms with Crippen molar-refractivity contribution in [2.75, 3.05) is 31.9 Å². The minimum absolute atomic E-state index is 0.0292. The molecule has 3 N–H and O–H groups in total. The number of carbonyl (C=O) groups is 1. The highest BCUT2D eigenvalue weighted by molar-refractivity contribution is 6.02. The highest BCUT2D eigenvalue weighted by Gasteiger charge is 2.25. The van der Waals surface area contributed by atoms with Crippen molar-refractivity contribution in [3.05, 3.63) is 72.2 Å². The number of aromatic nitrogens is 1. The number of fused-ring (bicyclic) bond motifs is 1. The number of amides is 1. The fraction of sp³-hybridized carbons (Fsp3) is 0.233. The summed E-state index contributed by atoms with van der Waals surface area (Å²) in [5.74, 6) is -0.382. The first-order valence-electron chi connectivity index (χ1n) is 12.7. The summed E-state index contributed by atoms with van der Waals surface area (Å²) in [7, 11) is 1.50. The van der Waals surface area contributed by atoms with Gasteiger partial charge in [0.25, 0.3) is 0 Å². The minimum Gasteiger partial charge on any atom is -0.508 e. The molecular weight excluding hydrogens is 515 g/mol. The lowest BCUT2D eigenvalue weighted by Gasteiger charge is -2.35. The third kappa shape index (κ3) is 5.46. The standard InChI is InChI=1S/C30H27FN4O5/c1-39-17-40-29-19(15-32)3-2-4-24(29)18-5-6-27-25(13-18)28(35-9-7-22(8-10-35)34-30(37)38)26(16-33-27)20-11-21(31)14-23(36)12-20/h2-6,11-14,16,22,34,36H,7-10,17H2,1H3,(H,37,38). The molecule has 0 atom stereocenters. The van der Waals surface area contributed by atoms with E-state index in [1.54, 1.807) is 18.3 Å². The summed E-state index contributed by atoms with van der Waals surface area (Å²) in [6.45, 7) is 1.07. The number of aromatic hydroxyl groups is 1. The van der Waals surface area contributed by atoms with E-state index in [9.17, 15) is 19.6 Å². The van der Waals surface area contributed by atoms with Crippen molar-refractivity contribution in [1.82, 2.24) is 10.3 Å². The van der Waals surface area contributed by atoms with Gasteiger partial charge >= 0.3 is 6.09 Å². The largest absolute Gasteiger partial charge is 0.508 e. The van der Waals surface area contributed by atoms with Crippen LogP contribution in [0.2, 0.25) is 0 Å². The average molecular weight is 543 g/mol. The number of nitrogens with zero attached hydrogens (tertiary/aromatic N) is 3. The van der Waals surface area contributed by atoms with Crippen molar-refractivity contribution in [1.29, 1.82) is 5.26 Å². The van der Waals surface area contributed by atoms with Gasteiger partial charge in [0.05, 0.1) is 16.8 Å². The van der Waals surface area contributed by atoms with E-state index in [4.69, 9.17) is 14.6 Å². The van der Waals surface area contributed by atoms with Crippen molar-refractivity contribution in [2.24, 2.45) is 0 Å². The van der Waals surface area contributed by atoms with Crippen LogP contribution in [0.5, 0.6) is 11.5 Å². The number of para-hydroxylation sites is 1. The molecule has 1 aromatic heterocycles. The van der Waals surface area contributed by atoms with Gasteiger partial charge in [-0.3, -0.25) is 4.98 Å². The van der Waals surface area contributed by atoms with Crippen LogP contribution in [-0.2, 0) is 4.74 Å². The molecular formula is C30H27FN4O5. The molecule has 204 valence electrons. The van der Waals surface area contributed by atoms with Gasteiger partial charge in [-0.15, -0.1) is 0 Å². The number of nitriles is 1. The van der Waals surface area contributed by atoms with Crippen LogP contribution in [0.1, 0.15) is 18.4 Å². The van der Waals surface area contributed by atoms with Crippen LogP contribution in [-0.4, -0.2) is 54.3 Å². The number of benzene rings is 3. The molecule has 4 aromatic rings. The smallest absolute Gasteiger partial charge is 0.404 e. The van der Waals surface area contributed by atoms with Crippen LogP contribution < -0.4 is 15.0 Å². The topological polar surface area (TPSA) is 128 Å². The number of hydrogen-bond acceptors (Lipinski definition) is 7. The molecule has 0 aliphatic carbocycles. The third-order valence-electron chi connectivity index (χ3n) is 6.94. The number of methoxy groups -OCH3 is 1. The maximum atomic E-state index is 14.4. The Balaban J connectivity index is 1.68. The first-order chi connectivity index (χ1) is 19.4. The zero-order valence-electron chi connectivity index (χ0n) is 21.7. The summed E-state index contributed by atoms with van der Waals surface area (Å²) in [6, 6.07) is 16.9. The first-order valence-corrected chi connectivity index (χ1v) is 12.7. The predicted molar refractivity (Wildman–Crippen MR) is 148 cm³/mol. The molecule has 0 saturated carbocycles. The quantitative estimate of drug-likeness (QED) is 0.261. The number of phenols is 1. The molecule has 0 bridgehead atoms. The molecule has 0 radical (unpaired) electrons. The van der Waals surface area contributed by atoms with Crippen molar-refractivity contribution < 1.29 is 28.9 Å². The van der Waals surface area contributed by atoms with E-state index >= 15 is 0 Å². The Morgan fingerprint density at radius 3 is 2.65 bits per heavy atom. The summed E-state index contributed by atoms with van der Waals surface area (Å²) in [5.41, 5.74) is 4.43. The van der Waals surface area contributed by atoms with Crippen molar-refractivity contribution in [3.63, 3.8) is 0 Å². The fourth-order valence-corrected chi connectivity index (χ4v) is 5.18. The highest BCUT2D eigenvalue weighted by Crippen LogP contribution is 2.42. The van der Waals surface area contributed by atoms with Crippen LogP contribution in [0.4, 0.5) is 14.9 Å². The number of phenolic OH excluding ortho intramolecular Hbond substituents is 1. The Labute approximate surface area is 230 Å². The van der Waals surface area contributed by atoms with Gasteiger partial charge in [0, 0.05) is 55.0 Å². The van der Waals surface area contributed by atoms with E-state index in [1.807, 2.05) is 24.3 Å². The minimum atomic E-state index is -1.06. The average Bonchev–Trinajstić information content (AvgIpc) is 2.94. The number of piperidine rings is 1. The van der Waals surface area contributed by atoms with Gasteiger partial charge < -0.3 is 29.9 Å². The van der Waals surface area contributed by atoms with E-state index in [1.165, 1.54) is 19.2 Å². The van der Waals surface area contributed by atoms with E-state index in [2.05, 4.69) is 21.3 Å². The maximum absolute atomic E-state index is 14.4. The molecule has 40 heavy (non-hydrogen) atoms. The summed E-state index contributed by atoms with van der Waals surface area (Å²) in [5, 5.41) is 32.3. The zero-order valence-corrected chi connectivity index (χ0v) is 21.7. The van der Waals surface area contributed by atoms with Gasteiger partial charge in [-0.05, 0) is 54.3 Å². The molecule has 1 fully saturated rings. The molecule has 9 nitrogen and oxygen atoms in total. The highest BCUT2D eigenvalue weighted by atomic mass is 19.1. The molecule has 3 aromatic carbocycles. The van der Waals surface area contributed by atoms with Crippen LogP contribution in [0.25, 0.3) is 33.2 Å². The lowest BCUT2D eigenvalue weighted by Crippen LogP contribution is -2.44. The second-order valence-electron chi connectivity index (χ2n) is 9.51. The third-order valence-corrected chi connectivity index (χ3v) is 6.94. The lowest BCUT2D eigenvalue weighted by atomic mass is 9.95. The number of ether oxygens (including phenoxy) is 2. The molecule has 0 unspecified atom stereocenters. The lowest BCUT2D eigenvalue weighted by molar-refractivity contribution is 0.0513. The first kappa shape index (κ1) is 26.7. The van der Waals surface area contributed by atoms with Crippen molar-refractivity contribution in [3.8, 4) is 39.8 Å². The van der Waals surface area contributed by atoms with E-state index in [-0.39, 0.29) is 18.6 Å².